The molecular weight excluding hydrogens is 294 g/mol. The van der Waals surface area contributed by atoms with E-state index in [1.165, 1.54) is 12.3 Å². The second-order valence-electron chi connectivity index (χ2n) is 6.28. The minimum atomic E-state index is -0.582. The normalized spacial score (nSPS) is 18.2. The lowest BCUT2D eigenvalue weighted by atomic mass is 9.96. The summed E-state index contributed by atoms with van der Waals surface area (Å²) in [5.41, 5.74) is 0.00559. The predicted octanol–water partition coefficient (Wildman–Crippen LogP) is 1.59. The van der Waals surface area contributed by atoms with E-state index in [1.54, 1.807) is 10.9 Å². The third kappa shape index (κ3) is 4.09. The molecule has 6 heteroatoms. The van der Waals surface area contributed by atoms with E-state index in [0.29, 0.717) is 18.2 Å². The Morgan fingerprint density at radius 3 is 2.78 bits per heavy atom. The molecule has 0 spiro atoms. The first-order valence-corrected chi connectivity index (χ1v) is 8.09. The first kappa shape index (κ1) is 16.0. The Kier molecular flexibility index (Phi) is 4.93. The van der Waals surface area contributed by atoms with Gasteiger partial charge in [-0.2, -0.15) is 0 Å². The molecule has 0 aliphatic carbocycles. The van der Waals surface area contributed by atoms with Crippen LogP contribution in [0.5, 0.6) is 0 Å². The Morgan fingerprint density at radius 2 is 2.13 bits per heavy atom. The monoisotopic (exact) mass is 317 g/mol. The fraction of sp³-hybridized carbons (Fsp3) is 0.529. The van der Waals surface area contributed by atoms with Gasteiger partial charge in [-0.1, -0.05) is 0 Å². The zero-order valence-corrected chi connectivity index (χ0v) is 13.4. The van der Waals surface area contributed by atoms with Crippen LogP contribution < -0.4 is 5.56 Å². The molecule has 0 radical (unpaired) electrons. The Hall–Kier alpha value is -1.92. The lowest BCUT2D eigenvalue weighted by Gasteiger charge is -2.32. The molecule has 1 aliphatic rings. The van der Waals surface area contributed by atoms with Crippen LogP contribution in [0.15, 0.2) is 39.9 Å². The van der Waals surface area contributed by atoms with E-state index >= 15 is 0 Å². The molecule has 0 amide bonds. The molecule has 1 unspecified atom stereocenters. The van der Waals surface area contributed by atoms with Gasteiger partial charge in [0.2, 0.25) is 0 Å². The van der Waals surface area contributed by atoms with Gasteiger partial charge in [0.25, 0.3) is 5.56 Å². The minimum Gasteiger partial charge on any atom is -0.464 e. The number of piperidine rings is 1. The molecule has 1 saturated heterocycles. The zero-order chi connectivity index (χ0) is 16.2. The number of nitrogens with zero attached hydrogens (tertiary/aromatic N) is 3. The maximum absolute atomic E-state index is 11.7. The first-order valence-electron chi connectivity index (χ1n) is 8.09. The maximum atomic E-state index is 11.7. The van der Waals surface area contributed by atoms with E-state index < -0.39 is 6.10 Å². The molecule has 6 nitrogen and oxygen atoms in total. The average molecular weight is 317 g/mol. The van der Waals surface area contributed by atoms with Gasteiger partial charge < -0.3 is 14.4 Å². The number of hydrogen-bond acceptors (Lipinski definition) is 5. The number of hydrogen-bond donors (Lipinski definition) is 1. The Balaban J connectivity index is 1.49. The van der Waals surface area contributed by atoms with Gasteiger partial charge in [-0.25, -0.2) is 4.98 Å². The van der Waals surface area contributed by atoms with Gasteiger partial charge in [0, 0.05) is 25.4 Å². The Labute approximate surface area is 135 Å². The van der Waals surface area contributed by atoms with Gasteiger partial charge in [-0.05, 0) is 50.9 Å². The van der Waals surface area contributed by atoms with Crippen LogP contribution in [0.2, 0.25) is 0 Å². The summed E-state index contributed by atoms with van der Waals surface area (Å²) in [6.45, 7) is 5.04. The Morgan fingerprint density at radius 1 is 1.35 bits per heavy atom. The van der Waals surface area contributed by atoms with E-state index in [0.717, 1.165) is 38.2 Å². The molecule has 2 aromatic rings. The predicted molar refractivity (Wildman–Crippen MR) is 86.1 cm³/mol. The van der Waals surface area contributed by atoms with Crippen molar-refractivity contribution in [1.82, 2.24) is 14.5 Å². The quantitative estimate of drug-likeness (QED) is 0.907. The standard InChI is InChI=1S/C17H23N3O3/c1-13-2-3-16(23-13)15(21)11-19-8-5-14(6-9-19)10-20-12-18-7-4-17(20)22/h2-4,7,12,14-15,21H,5-6,8-11H2,1H3. The zero-order valence-electron chi connectivity index (χ0n) is 13.4. The van der Waals surface area contributed by atoms with Crippen molar-refractivity contribution in [3.8, 4) is 0 Å². The van der Waals surface area contributed by atoms with Gasteiger partial charge in [0.05, 0.1) is 6.33 Å². The van der Waals surface area contributed by atoms with Crippen molar-refractivity contribution in [3.05, 3.63) is 52.6 Å². The van der Waals surface area contributed by atoms with Crippen molar-refractivity contribution in [2.45, 2.75) is 32.4 Å². The molecule has 1 fully saturated rings. The number of likely N-dealkylation sites (tertiary alicyclic amines) is 1. The van der Waals surface area contributed by atoms with Crippen LogP contribution >= 0.6 is 0 Å². The molecule has 3 rings (SSSR count). The summed E-state index contributed by atoms with van der Waals surface area (Å²) >= 11 is 0. The highest BCUT2D eigenvalue weighted by molar-refractivity contribution is 5.08. The summed E-state index contributed by atoms with van der Waals surface area (Å²) < 4.78 is 7.16. The number of β-amino-alcohol motifs (C(OH)–C–C–N with tert-alkyl or cyclic N) is 1. The number of rotatable bonds is 5. The average Bonchev–Trinajstić information content (AvgIpc) is 2.98. The largest absolute Gasteiger partial charge is 0.464 e. The van der Waals surface area contributed by atoms with Crippen molar-refractivity contribution in [3.63, 3.8) is 0 Å². The minimum absolute atomic E-state index is 0.00559. The van der Waals surface area contributed by atoms with Crippen LogP contribution in [0.25, 0.3) is 0 Å². The third-order valence-electron chi connectivity index (χ3n) is 4.48. The third-order valence-corrected chi connectivity index (χ3v) is 4.48. The summed E-state index contributed by atoms with van der Waals surface area (Å²) in [6, 6.07) is 5.20. The highest BCUT2D eigenvalue weighted by Gasteiger charge is 2.23. The topological polar surface area (TPSA) is 71.5 Å². The smallest absolute Gasteiger partial charge is 0.253 e. The highest BCUT2D eigenvalue weighted by Crippen LogP contribution is 2.22. The van der Waals surface area contributed by atoms with Crippen LogP contribution in [-0.2, 0) is 6.54 Å². The summed E-state index contributed by atoms with van der Waals surface area (Å²) in [6.07, 6.45) is 4.59. The molecule has 1 aliphatic heterocycles. The van der Waals surface area contributed by atoms with Gasteiger partial charge in [0.1, 0.15) is 17.6 Å². The van der Waals surface area contributed by atoms with E-state index in [9.17, 15) is 9.90 Å². The van der Waals surface area contributed by atoms with E-state index in [4.69, 9.17) is 4.42 Å². The van der Waals surface area contributed by atoms with Crippen molar-refractivity contribution >= 4 is 0 Å². The van der Waals surface area contributed by atoms with E-state index in [2.05, 4.69) is 9.88 Å². The molecule has 2 aromatic heterocycles. The van der Waals surface area contributed by atoms with E-state index in [1.807, 2.05) is 19.1 Å². The molecule has 3 heterocycles. The number of aliphatic hydroxyl groups is 1. The summed E-state index contributed by atoms with van der Waals surface area (Å²) in [5.74, 6) is 1.93. The molecule has 0 bridgehead atoms. The van der Waals surface area contributed by atoms with Gasteiger partial charge in [-0.3, -0.25) is 9.36 Å². The fourth-order valence-electron chi connectivity index (χ4n) is 3.11. The van der Waals surface area contributed by atoms with Gasteiger partial charge in [-0.15, -0.1) is 0 Å². The van der Waals surface area contributed by atoms with E-state index in [-0.39, 0.29) is 5.56 Å². The van der Waals surface area contributed by atoms with Crippen LogP contribution in [0.4, 0.5) is 0 Å². The maximum Gasteiger partial charge on any atom is 0.253 e. The molecule has 124 valence electrons. The summed E-state index contributed by atoms with van der Waals surface area (Å²) in [5, 5.41) is 10.2. The number of aromatic nitrogens is 2. The van der Waals surface area contributed by atoms with Gasteiger partial charge >= 0.3 is 0 Å². The Bertz CT molecular complexity index is 686. The molecule has 0 aromatic carbocycles. The van der Waals surface area contributed by atoms with Crippen molar-refractivity contribution in [1.29, 1.82) is 0 Å². The number of aliphatic hydroxyl groups excluding tert-OH is 1. The SMILES string of the molecule is Cc1ccc(C(O)CN2CCC(Cn3cnccc3=O)CC2)o1. The van der Waals surface area contributed by atoms with Crippen molar-refractivity contribution in [2.24, 2.45) is 5.92 Å². The van der Waals surface area contributed by atoms with Gasteiger partial charge in [0.15, 0.2) is 0 Å². The fourth-order valence-corrected chi connectivity index (χ4v) is 3.11. The van der Waals surface area contributed by atoms with Crippen LogP contribution in [0.3, 0.4) is 0 Å². The molecule has 1 atom stereocenters. The second-order valence-corrected chi connectivity index (χ2v) is 6.28. The molecule has 0 saturated carbocycles. The summed E-state index contributed by atoms with van der Waals surface area (Å²) in [4.78, 5) is 18.0. The summed E-state index contributed by atoms with van der Waals surface area (Å²) in [7, 11) is 0. The highest BCUT2D eigenvalue weighted by atomic mass is 16.4. The number of aryl methyl sites for hydroxylation is 1. The number of furan rings is 1. The second kappa shape index (κ2) is 7.10. The molecule has 1 N–H and O–H groups in total. The molecule has 23 heavy (non-hydrogen) atoms. The molecular formula is C17H23N3O3. The van der Waals surface area contributed by atoms with Crippen LogP contribution in [-0.4, -0.2) is 39.2 Å². The first-order chi connectivity index (χ1) is 11.1. The lowest BCUT2D eigenvalue weighted by Crippen LogP contribution is -2.38. The van der Waals surface area contributed by atoms with Crippen LogP contribution in [0, 0.1) is 12.8 Å². The van der Waals surface area contributed by atoms with Crippen molar-refractivity contribution < 1.29 is 9.52 Å². The van der Waals surface area contributed by atoms with Crippen LogP contribution in [0.1, 0.15) is 30.5 Å². The van der Waals surface area contributed by atoms with Crippen molar-refractivity contribution in [2.75, 3.05) is 19.6 Å². The lowest BCUT2D eigenvalue weighted by molar-refractivity contribution is 0.0724.